The van der Waals surface area contributed by atoms with E-state index in [9.17, 15) is 18.9 Å². The van der Waals surface area contributed by atoms with Gasteiger partial charge in [0.25, 0.3) is 0 Å². The Morgan fingerprint density at radius 1 is 1.27 bits per heavy atom. The smallest absolute Gasteiger partial charge is 0.380 e. The van der Waals surface area contributed by atoms with Crippen molar-refractivity contribution in [2.45, 2.75) is 70.6 Å². The van der Waals surface area contributed by atoms with Gasteiger partial charge in [0, 0.05) is 12.1 Å². The molecule has 1 saturated heterocycles. The van der Waals surface area contributed by atoms with Crippen LogP contribution in [0.15, 0.2) is 42.6 Å². The van der Waals surface area contributed by atoms with Gasteiger partial charge in [0.1, 0.15) is 11.9 Å². The summed E-state index contributed by atoms with van der Waals surface area (Å²) in [5.41, 5.74) is -1.97. The average molecular weight is 538 g/mol. The Morgan fingerprint density at radius 3 is 2.59 bits per heavy atom. The highest BCUT2D eigenvalue weighted by Crippen LogP contribution is 2.51. The molecule has 37 heavy (non-hydrogen) atoms. The molecule has 1 aliphatic carbocycles. The Kier molecular flexibility index (Phi) is 8.21. The molecule has 1 aromatic carbocycles. The maximum absolute atomic E-state index is 15.8. The highest BCUT2D eigenvalue weighted by Gasteiger charge is 2.56. The highest BCUT2D eigenvalue weighted by molar-refractivity contribution is 7.54. The number of carbonyl (C=O) groups excluding carboxylic acids is 3. The minimum absolute atomic E-state index is 0.112. The summed E-state index contributed by atoms with van der Waals surface area (Å²) >= 11 is 0. The quantitative estimate of drug-likeness (QED) is 0.245. The third-order valence-corrected chi connectivity index (χ3v) is 9.21. The topological polar surface area (TPSA) is 108 Å². The molecule has 0 aromatic heterocycles. The van der Waals surface area contributed by atoms with Crippen molar-refractivity contribution in [3.8, 4) is 5.75 Å². The summed E-state index contributed by atoms with van der Waals surface area (Å²) in [6.07, 6.45) is 2.21. The molecular weight excluding hydrogens is 504 g/mol. The van der Waals surface area contributed by atoms with Gasteiger partial charge in [-0.1, -0.05) is 32.0 Å². The summed E-state index contributed by atoms with van der Waals surface area (Å²) < 4.78 is 52.5. The first kappa shape index (κ1) is 27.5. The molecule has 0 unspecified atom stereocenters. The molecule has 9 nitrogen and oxygen atoms in total. The normalized spacial score (nSPS) is 30.5. The lowest BCUT2D eigenvalue weighted by Crippen LogP contribution is -2.49. The number of hydrogen-bond donors (Lipinski definition) is 0. The van der Waals surface area contributed by atoms with Crippen molar-refractivity contribution in [3.63, 3.8) is 0 Å². The molecule has 4 rings (SSSR count). The van der Waals surface area contributed by atoms with Crippen molar-refractivity contribution in [2.75, 3.05) is 12.8 Å². The number of allylic oxidation sites excluding steroid dienone is 1. The lowest BCUT2D eigenvalue weighted by Gasteiger charge is -2.33. The first-order valence-corrected chi connectivity index (χ1v) is 14.3. The number of ether oxygens (including phenoxy) is 2. The molecule has 3 aliphatic rings. The molecule has 2 fully saturated rings. The molecule has 1 saturated carbocycles. The third-order valence-electron chi connectivity index (χ3n) is 7.18. The van der Waals surface area contributed by atoms with E-state index in [1.165, 1.54) is 19.2 Å². The van der Waals surface area contributed by atoms with Crippen molar-refractivity contribution in [1.29, 1.82) is 0 Å². The zero-order chi connectivity index (χ0) is 26.8. The zero-order valence-corrected chi connectivity index (χ0v) is 22.1. The van der Waals surface area contributed by atoms with Crippen LogP contribution in [0.5, 0.6) is 5.75 Å². The van der Waals surface area contributed by atoms with Gasteiger partial charge in [-0.05, 0) is 44.4 Å². The summed E-state index contributed by atoms with van der Waals surface area (Å²) in [5.74, 6) is -2.61. The Labute approximate surface area is 215 Å². The number of hydrogen-bond acceptors (Lipinski definition) is 8. The minimum Gasteiger partial charge on any atom is -0.462 e. The van der Waals surface area contributed by atoms with E-state index in [0.29, 0.717) is 5.75 Å². The summed E-state index contributed by atoms with van der Waals surface area (Å²) in [4.78, 5) is 37.5. The van der Waals surface area contributed by atoms with E-state index in [-0.39, 0.29) is 31.1 Å². The van der Waals surface area contributed by atoms with Gasteiger partial charge in [-0.25, -0.2) is 8.96 Å². The van der Waals surface area contributed by atoms with Crippen molar-refractivity contribution >= 4 is 25.3 Å². The van der Waals surface area contributed by atoms with Crippen LogP contribution in [-0.2, 0) is 32.9 Å². The van der Waals surface area contributed by atoms with Gasteiger partial charge < -0.3 is 14.0 Å². The predicted octanol–water partition coefficient (Wildman–Crippen LogP) is 4.41. The fraction of sp³-hybridized carbons (Fsp3) is 0.577. The van der Waals surface area contributed by atoms with Crippen LogP contribution in [0.3, 0.4) is 0 Å². The number of amides is 1. The highest BCUT2D eigenvalue weighted by atomic mass is 31.2. The fourth-order valence-electron chi connectivity index (χ4n) is 4.41. The molecule has 0 bridgehead atoms. The molecule has 6 atom stereocenters. The molecular formula is C26H33FNO8P. The van der Waals surface area contributed by atoms with E-state index >= 15 is 4.39 Å². The number of halogens is 1. The standard InChI is InChI=1S/C26H33FNO8P/c1-17(24(31)34-20-10-7-11-20)16-37(32,36-21-8-5-4-6-9-21)33-15-22-18(2)26(3,27)25(35-22)28-13-12-19(29)14-23(28)30/h4-6,8-9,12-13,17-18,20,22,25H,7,10-11,14-16H2,1-3H3/t17-,18-,22-,25-,26-,37-/m1/s1. The van der Waals surface area contributed by atoms with E-state index in [1.54, 1.807) is 44.2 Å². The molecule has 2 heterocycles. The van der Waals surface area contributed by atoms with Gasteiger partial charge in [-0.15, -0.1) is 0 Å². The first-order valence-electron chi connectivity index (χ1n) is 12.5. The second kappa shape index (κ2) is 11.1. The number of para-hydroxylation sites is 1. The number of rotatable bonds is 10. The molecule has 1 aromatic rings. The summed E-state index contributed by atoms with van der Waals surface area (Å²) in [7, 11) is -3.92. The monoisotopic (exact) mass is 537 g/mol. The number of ketones is 1. The Morgan fingerprint density at radius 2 is 1.97 bits per heavy atom. The van der Waals surface area contributed by atoms with Gasteiger partial charge in [0.15, 0.2) is 17.7 Å². The van der Waals surface area contributed by atoms with E-state index < -0.39 is 49.3 Å². The third kappa shape index (κ3) is 6.30. The summed E-state index contributed by atoms with van der Waals surface area (Å²) in [6, 6.07) is 8.43. The van der Waals surface area contributed by atoms with E-state index in [0.717, 1.165) is 24.2 Å². The Bertz CT molecular complexity index is 1090. The van der Waals surface area contributed by atoms with Crippen LogP contribution in [0.4, 0.5) is 4.39 Å². The van der Waals surface area contributed by atoms with E-state index in [4.69, 9.17) is 18.5 Å². The summed E-state index contributed by atoms with van der Waals surface area (Å²) in [5, 5.41) is 0. The van der Waals surface area contributed by atoms with Crippen molar-refractivity contribution in [1.82, 2.24) is 4.90 Å². The van der Waals surface area contributed by atoms with E-state index in [2.05, 4.69) is 0 Å². The van der Waals surface area contributed by atoms with Gasteiger partial charge in [0.2, 0.25) is 5.91 Å². The molecule has 0 N–H and O–H groups in total. The maximum atomic E-state index is 15.8. The first-order chi connectivity index (χ1) is 17.5. The van der Waals surface area contributed by atoms with Gasteiger partial charge >= 0.3 is 13.6 Å². The Balaban J connectivity index is 1.46. The fourth-order valence-corrected chi connectivity index (χ4v) is 6.27. The number of nitrogens with zero attached hydrogens (tertiary/aromatic N) is 1. The SMILES string of the molecule is C[C@H](C[P@@](=O)(OC[C@H]1O[C@@H](N2C=CC(=O)CC2=O)[C@](C)(F)[C@@H]1C)Oc1ccccc1)C(=O)OC1CCC1. The van der Waals surface area contributed by atoms with Crippen LogP contribution in [-0.4, -0.2) is 59.4 Å². The van der Waals surface area contributed by atoms with Crippen LogP contribution in [0, 0.1) is 11.8 Å². The second-order valence-electron chi connectivity index (χ2n) is 10.1. The maximum Gasteiger partial charge on any atom is 0.380 e. The number of carbonyl (C=O) groups is 3. The van der Waals surface area contributed by atoms with Gasteiger partial charge in [0.05, 0.1) is 31.2 Å². The largest absolute Gasteiger partial charge is 0.462 e. The van der Waals surface area contributed by atoms with Crippen molar-refractivity contribution < 1.29 is 41.9 Å². The van der Waals surface area contributed by atoms with E-state index in [1.807, 2.05) is 0 Å². The lowest BCUT2D eigenvalue weighted by molar-refractivity contribution is -0.156. The van der Waals surface area contributed by atoms with Crippen molar-refractivity contribution in [3.05, 3.63) is 42.6 Å². The Hall–Kier alpha value is -2.55. The number of alkyl halides is 1. The van der Waals surface area contributed by atoms with Crippen LogP contribution in [0.2, 0.25) is 0 Å². The summed E-state index contributed by atoms with van der Waals surface area (Å²) in [6.45, 7) is 4.23. The minimum atomic E-state index is -3.92. The molecule has 202 valence electrons. The molecule has 1 amide bonds. The lowest BCUT2D eigenvalue weighted by atomic mass is 9.89. The average Bonchev–Trinajstić information content (AvgIpc) is 3.04. The van der Waals surface area contributed by atoms with Crippen molar-refractivity contribution in [2.24, 2.45) is 11.8 Å². The zero-order valence-electron chi connectivity index (χ0n) is 21.2. The number of benzene rings is 1. The van der Waals surface area contributed by atoms with Crippen LogP contribution < -0.4 is 4.52 Å². The van der Waals surface area contributed by atoms with Crippen LogP contribution in [0.1, 0.15) is 46.5 Å². The van der Waals surface area contributed by atoms with Gasteiger partial charge in [-0.2, -0.15) is 0 Å². The molecule has 0 radical (unpaired) electrons. The second-order valence-corrected chi connectivity index (χ2v) is 12.1. The molecule has 0 spiro atoms. The molecule has 11 heteroatoms. The predicted molar refractivity (Wildman–Crippen MR) is 131 cm³/mol. The van der Waals surface area contributed by atoms with Crippen LogP contribution in [0.25, 0.3) is 0 Å². The van der Waals surface area contributed by atoms with Gasteiger partial charge in [-0.3, -0.25) is 23.8 Å². The number of esters is 1. The molecule has 2 aliphatic heterocycles. The van der Waals surface area contributed by atoms with Crippen LogP contribution >= 0.6 is 7.60 Å².